The van der Waals surface area contributed by atoms with Crippen molar-refractivity contribution in [1.82, 2.24) is 29.1 Å². The van der Waals surface area contributed by atoms with E-state index in [-0.39, 0.29) is 12.1 Å². The van der Waals surface area contributed by atoms with E-state index in [0.717, 1.165) is 30.9 Å². The summed E-state index contributed by atoms with van der Waals surface area (Å²) < 4.78 is 3.06. The Morgan fingerprint density at radius 3 is 2.40 bits per heavy atom. The summed E-state index contributed by atoms with van der Waals surface area (Å²) in [5, 5.41) is 8.08. The molecule has 0 spiro atoms. The van der Waals surface area contributed by atoms with E-state index in [0.29, 0.717) is 5.69 Å². The third kappa shape index (κ3) is 2.10. The second kappa shape index (κ2) is 4.98. The Bertz CT molecular complexity index is 1030. The first-order valence-electron chi connectivity index (χ1n) is 8.29. The van der Waals surface area contributed by atoms with E-state index in [1.165, 1.54) is 9.36 Å². The van der Waals surface area contributed by atoms with Gasteiger partial charge < -0.3 is 9.13 Å². The van der Waals surface area contributed by atoms with Crippen molar-refractivity contribution in [1.29, 1.82) is 0 Å². The molecule has 0 atom stereocenters. The van der Waals surface area contributed by atoms with Crippen LogP contribution in [0.1, 0.15) is 25.0 Å². The minimum Gasteiger partial charge on any atom is -0.303 e. The predicted molar refractivity (Wildman–Crippen MR) is 88.5 cm³/mol. The molecule has 8 heteroatoms. The zero-order valence-corrected chi connectivity index (χ0v) is 13.4. The number of hydrogen-bond donors (Lipinski definition) is 0. The molecule has 3 heterocycles. The molecule has 25 heavy (non-hydrogen) atoms. The molecule has 2 bridgehead atoms. The maximum atomic E-state index is 12.4. The molecule has 0 radical (unpaired) electrons. The summed E-state index contributed by atoms with van der Waals surface area (Å²) in [5.74, 6) is 0.751. The summed E-state index contributed by atoms with van der Waals surface area (Å²) in [5.41, 5.74) is 0.432. The average Bonchev–Trinajstić information content (AvgIpc) is 3.07. The van der Waals surface area contributed by atoms with Crippen molar-refractivity contribution in [2.75, 3.05) is 0 Å². The molecule has 0 amide bonds. The fourth-order valence-corrected chi connectivity index (χ4v) is 3.89. The molecule has 3 aliphatic rings. The van der Waals surface area contributed by atoms with Gasteiger partial charge in [0.15, 0.2) is 0 Å². The lowest BCUT2D eigenvalue weighted by Crippen LogP contribution is -2.64. The molecule has 8 nitrogen and oxygen atoms in total. The van der Waals surface area contributed by atoms with E-state index < -0.39 is 11.1 Å². The van der Waals surface area contributed by atoms with E-state index in [9.17, 15) is 9.59 Å². The second-order valence-electron chi connectivity index (χ2n) is 6.94. The molecule has 126 valence electrons. The number of hydrogen-bond acceptors (Lipinski definition) is 5. The summed E-state index contributed by atoms with van der Waals surface area (Å²) >= 11 is 0. The van der Waals surface area contributed by atoms with Crippen LogP contribution >= 0.6 is 0 Å². The van der Waals surface area contributed by atoms with E-state index >= 15 is 0 Å². The van der Waals surface area contributed by atoms with E-state index in [2.05, 4.69) is 15.2 Å². The van der Waals surface area contributed by atoms with Crippen LogP contribution in [-0.2, 0) is 12.1 Å². The van der Waals surface area contributed by atoms with Gasteiger partial charge in [-0.25, -0.2) is 0 Å². The Labute approximate surface area is 142 Å². The maximum Gasteiger partial charge on any atom is 0.316 e. The fraction of sp³-hybridized carbons (Fsp3) is 0.353. The predicted octanol–water partition coefficient (Wildman–Crippen LogP) is 0.543. The van der Waals surface area contributed by atoms with Gasteiger partial charge in [0, 0.05) is 17.9 Å². The summed E-state index contributed by atoms with van der Waals surface area (Å²) in [4.78, 5) is 30.7. The highest BCUT2D eigenvalue weighted by Gasteiger charge is 2.58. The maximum absolute atomic E-state index is 12.4. The molecular weight excluding hydrogens is 320 g/mol. The zero-order valence-electron chi connectivity index (χ0n) is 13.4. The highest BCUT2D eigenvalue weighted by atomic mass is 16.2. The SMILES string of the molecule is O=c1c(=O)n(C23CC(C2)C3)ccn1Cc1ccc(-n2nccn2)cn1. The van der Waals surface area contributed by atoms with Crippen LogP contribution in [-0.4, -0.2) is 29.1 Å². The largest absolute Gasteiger partial charge is 0.316 e. The van der Waals surface area contributed by atoms with Crippen LogP contribution < -0.4 is 11.1 Å². The smallest absolute Gasteiger partial charge is 0.303 e. The van der Waals surface area contributed by atoms with Gasteiger partial charge in [0.2, 0.25) is 0 Å². The first-order chi connectivity index (χ1) is 12.1. The molecule has 3 fully saturated rings. The quantitative estimate of drug-likeness (QED) is 0.649. The van der Waals surface area contributed by atoms with Crippen LogP contribution in [0.25, 0.3) is 5.69 Å². The third-order valence-electron chi connectivity index (χ3n) is 5.37. The van der Waals surface area contributed by atoms with Crippen LogP contribution in [0.4, 0.5) is 0 Å². The molecule has 3 saturated carbocycles. The van der Waals surface area contributed by atoms with Crippen LogP contribution in [0.2, 0.25) is 0 Å². The monoisotopic (exact) mass is 336 g/mol. The minimum atomic E-state index is -0.494. The molecule has 0 saturated heterocycles. The van der Waals surface area contributed by atoms with Crippen LogP contribution in [0.15, 0.2) is 52.7 Å². The lowest BCUT2D eigenvalue weighted by atomic mass is 9.49. The summed E-state index contributed by atoms with van der Waals surface area (Å²) in [6.07, 6.45) is 11.4. The van der Waals surface area contributed by atoms with Gasteiger partial charge in [-0.1, -0.05) is 0 Å². The molecular formula is C17H16N6O2. The molecule has 3 aliphatic carbocycles. The Hall–Kier alpha value is -3.03. The van der Waals surface area contributed by atoms with Crippen molar-refractivity contribution in [2.24, 2.45) is 5.92 Å². The van der Waals surface area contributed by atoms with Gasteiger partial charge >= 0.3 is 11.1 Å². The Kier molecular flexibility index (Phi) is 2.85. The third-order valence-corrected chi connectivity index (χ3v) is 5.37. The fourth-order valence-electron chi connectivity index (χ4n) is 3.89. The molecule has 3 aromatic rings. The first kappa shape index (κ1) is 14.3. The van der Waals surface area contributed by atoms with Crippen molar-refractivity contribution in [3.8, 4) is 5.69 Å². The molecule has 6 rings (SSSR count). The first-order valence-corrected chi connectivity index (χ1v) is 8.29. The number of aromatic nitrogens is 6. The van der Waals surface area contributed by atoms with E-state index in [1.807, 2.05) is 6.07 Å². The Morgan fingerprint density at radius 2 is 1.80 bits per heavy atom. The van der Waals surface area contributed by atoms with Gasteiger partial charge in [-0.15, -0.1) is 0 Å². The van der Waals surface area contributed by atoms with Gasteiger partial charge in [0.1, 0.15) is 5.69 Å². The van der Waals surface area contributed by atoms with Crippen LogP contribution in [0, 0.1) is 5.92 Å². The van der Waals surface area contributed by atoms with Crippen molar-refractivity contribution >= 4 is 0 Å². The highest BCUT2D eigenvalue weighted by Crippen LogP contribution is 2.61. The highest BCUT2D eigenvalue weighted by molar-refractivity contribution is 5.26. The van der Waals surface area contributed by atoms with Crippen molar-refractivity contribution < 1.29 is 0 Å². The van der Waals surface area contributed by atoms with Crippen LogP contribution in [0.3, 0.4) is 0 Å². The molecule has 0 unspecified atom stereocenters. The summed E-state index contributed by atoms with van der Waals surface area (Å²) in [6.45, 7) is 0.261. The van der Waals surface area contributed by atoms with Crippen molar-refractivity contribution in [2.45, 2.75) is 31.3 Å². The molecule has 0 N–H and O–H groups in total. The number of pyridine rings is 1. The second-order valence-corrected chi connectivity index (χ2v) is 6.94. The Balaban J connectivity index is 1.42. The Morgan fingerprint density at radius 1 is 1.04 bits per heavy atom. The summed E-state index contributed by atoms with van der Waals surface area (Å²) in [6, 6.07) is 3.63. The summed E-state index contributed by atoms with van der Waals surface area (Å²) in [7, 11) is 0. The van der Waals surface area contributed by atoms with Crippen molar-refractivity contribution in [3.05, 3.63) is 69.5 Å². The standard InChI is InChI=1S/C17H16N6O2/c24-15-16(25)22(17-7-12(8-17)9-17)6-5-21(15)11-13-1-2-14(10-18-13)23-19-3-4-20-23/h1-6,10,12H,7-9,11H2. The van der Waals surface area contributed by atoms with Gasteiger partial charge in [-0.2, -0.15) is 15.0 Å². The average molecular weight is 336 g/mol. The lowest BCUT2D eigenvalue weighted by molar-refractivity contribution is -0.0919. The number of rotatable bonds is 4. The van der Waals surface area contributed by atoms with Crippen molar-refractivity contribution in [3.63, 3.8) is 0 Å². The lowest BCUT2D eigenvalue weighted by Gasteiger charge is -2.62. The van der Waals surface area contributed by atoms with E-state index in [4.69, 9.17) is 0 Å². The molecule has 3 aromatic heterocycles. The normalized spacial score (nSPS) is 23.8. The van der Waals surface area contributed by atoms with Gasteiger partial charge in [0.25, 0.3) is 0 Å². The van der Waals surface area contributed by atoms with E-state index in [1.54, 1.807) is 41.6 Å². The van der Waals surface area contributed by atoms with Gasteiger partial charge in [0.05, 0.1) is 30.8 Å². The van der Waals surface area contributed by atoms with Crippen LogP contribution in [0.5, 0.6) is 0 Å². The minimum absolute atomic E-state index is 0.0728. The number of nitrogens with zero attached hydrogens (tertiary/aromatic N) is 6. The van der Waals surface area contributed by atoms with Gasteiger partial charge in [-0.3, -0.25) is 14.6 Å². The topological polar surface area (TPSA) is 87.6 Å². The molecule has 0 aliphatic heterocycles. The van der Waals surface area contributed by atoms with Gasteiger partial charge in [-0.05, 0) is 37.3 Å². The zero-order chi connectivity index (χ0) is 17.0. The molecule has 0 aromatic carbocycles.